The van der Waals surface area contributed by atoms with E-state index < -0.39 is 0 Å². The molecule has 5 nitrogen and oxygen atoms in total. The lowest BCUT2D eigenvalue weighted by Crippen LogP contribution is -2.34. The molecule has 6 heteroatoms. The summed E-state index contributed by atoms with van der Waals surface area (Å²) in [5.74, 6) is 0.270. The molecule has 0 aliphatic rings. The average Bonchev–Trinajstić information content (AvgIpc) is 3.12. The lowest BCUT2D eigenvalue weighted by molar-refractivity contribution is 0.0977. The first-order valence-electron chi connectivity index (χ1n) is 8.73. The van der Waals surface area contributed by atoms with E-state index in [9.17, 15) is 4.79 Å². The molecule has 0 saturated carbocycles. The maximum atomic E-state index is 12.2. The average molecular weight is 387 g/mol. The van der Waals surface area contributed by atoms with Crippen molar-refractivity contribution in [2.75, 3.05) is 5.32 Å². The molecule has 4 rings (SSSR count). The number of fused-ring (bicyclic) bond motifs is 1. The fourth-order valence-corrected chi connectivity index (χ4v) is 3.02. The molecule has 0 aliphatic carbocycles. The number of hydrogen-bond donors (Lipinski definition) is 2. The fraction of sp³-hybridized carbons (Fsp3) is 0.0455. The second kappa shape index (κ2) is 7.62. The minimum Gasteiger partial charge on any atom is -0.436 e. The molecule has 138 valence electrons. The molecule has 1 aromatic heterocycles. The van der Waals surface area contributed by atoms with Gasteiger partial charge in [0.15, 0.2) is 10.7 Å². The molecule has 1 amide bonds. The summed E-state index contributed by atoms with van der Waals surface area (Å²) in [6, 6.07) is 22.3. The Kier molecular flexibility index (Phi) is 4.87. The number of rotatable bonds is 3. The molecule has 0 bridgehead atoms. The maximum Gasteiger partial charge on any atom is 0.257 e. The van der Waals surface area contributed by atoms with Gasteiger partial charge in [0, 0.05) is 16.8 Å². The van der Waals surface area contributed by atoms with E-state index in [0.717, 1.165) is 27.9 Å². The summed E-state index contributed by atoms with van der Waals surface area (Å²) in [4.78, 5) is 16.7. The summed E-state index contributed by atoms with van der Waals surface area (Å²) in [6.07, 6.45) is 0. The van der Waals surface area contributed by atoms with Crippen LogP contribution in [0, 0.1) is 6.92 Å². The van der Waals surface area contributed by atoms with Crippen LogP contribution in [0.4, 0.5) is 5.69 Å². The Balaban J connectivity index is 1.50. The molecule has 0 spiro atoms. The summed E-state index contributed by atoms with van der Waals surface area (Å²) in [6.45, 7) is 2.01. The third kappa shape index (κ3) is 3.92. The van der Waals surface area contributed by atoms with E-state index >= 15 is 0 Å². The normalized spacial score (nSPS) is 10.6. The highest BCUT2D eigenvalue weighted by molar-refractivity contribution is 7.80. The van der Waals surface area contributed by atoms with Crippen LogP contribution in [0.3, 0.4) is 0 Å². The number of nitrogens with zero attached hydrogens (tertiary/aromatic N) is 1. The van der Waals surface area contributed by atoms with Gasteiger partial charge in [-0.15, -0.1) is 0 Å². The molecule has 0 unspecified atom stereocenters. The number of oxazole rings is 1. The van der Waals surface area contributed by atoms with Crippen molar-refractivity contribution in [1.82, 2.24) is 10.3 Å². The zero-order valence-electron chi connectivity index (χ0n) is 15.1. The van der Waals surface area contributed by atoms with E-state index in [1.807, 2.05) is 55.5 Å². The van der Waals surface area contributed by atoms with Gasteiger partial charge in [0.25, 0.3) is 5.91 Å². The molecule has 0 saturated heterocycles. The van der Waals surface area contributed by atoms with Crippen molar-refractivity contribution in [1.29, 1.82) is 0 Å². The van der Waals surface area contributed by atoms with Crippen molar-refractivity contribution in [2.24, 2.45) is 0 Å². The summed E-state index contributed by atoms with van der Waals surface area (Å²) >= 11 is 5.26. The van der Waals surface area contributed by atoms with Gasteiger partial charge in [0.05, 0.1) is 0 Å². The lowest BCUT2D eigenvalue weighted by atomic mass is 10.2. The lowest BCUT2D eigenvalue weighted by Gasteiger charge is -2.10. The smallest absolute Gasteiger partial charge is 0.257 e. The van der Waals surface area contributed by atoms with E-state index in [-0.39, 0.29) is 11.0 Å². The number of anilines is 1. The number of hydrogen-bond acceptors (Lipinski definition) is 4. The third-order valence-corrected chi connectivity index (χ3v) is 4.38. The molecular weight excluding hydrogens is 370 g/mol. The van der Waals surface area contributed by atoms with Crippen molar-refractivity contribution in [2.45, 2.75) is 6.92 Å². The van der Waals surface area contributed by atoms with Crippen LogP contribution in [-0.4, -0.2) is 16.0 Å². The second-order valence-electron chi connectivity index (χ2n) is 6.35. The first-order chi connectivity index (χ1) is 13.6. The van der Waals surface area contributed by atoms with Crippen molar-refractivity contribution in [3.8, 4) is 11.5 Å². The van der Waals surface area contributed by atoms with Gasteiger partial charge in [0.1, 0.15) is 5.52 Å². The number of carbonyl (C=O) groups is 1. The van der Waals surface area contributed by atoms with Crippen molar-refractivity contribution in [3.05, 3.63) is 83.9 Å². The molecule has 0 radical (unpaired) electrons. The Bertz CT molecular complexity index is 1170. The van der Waals surface area contributed by atoms with Crippen LogP contribution in [0.5, 0.6) is 0 Å². The first kappa shape index (κ1) is 17.9. The molecule has 2 N–H and O–H groups in total. The van der Waals surface area contributed by atoms with Crippen LogP contribution in [0.25, 0.3) is 22.6 Å². The van der Waals surface area contributed by atoms with Gasteiger partial charge < -0.3 is 9.73 Å². The highest BCUT2D eigenvalue weighted by atomic mass is 32.1. The van der Waals surface area contributed by atoms with Gasteiger partial charge in [-0.25, -0.2) is 4.98 Å². The summed E-state index contributed by atoms with van der Waals surface area (Å²) in [5, 5.41) is 5.92. The second-order valence-corrected chi connectivity index (χ2v) is 6.75. The van der Waals surface area contributed by atoms with Crippen LogP contribution in [0.1, 0.15) is 15.9 Å². The molecule has 4 aromatic rings. The van der Waals surface area contributed by atoms with E-state index in [1.54, 1.807) is 24.3 Å². The Morgan fingerprint density at radius 1 is 1.00 bits per heavy atom. The number of aromatic nitrogens is 1. The van der Waals surface area contributed by atoms with Crippen molar-refractivity contribution >= 4 is 40.0 Å². The molecule has 28 heavy (non-hydrogen) atoms. The number of benzene rings is 3. The van der Waals surface area contributed by atoms with Crippen LogP contribution < -0.4 is 10.6 Å². The molecule has 0 fully saturated rings. The van der Waals surface area contributed by atoms with Crippen LogP contribution in [-0.2, 0) is 0 Å². The molecular formula is C22H17N3O2S. The largest absolute Gasteiger partial charge is 0.436 e. The van der Waals surface area contributed by atoms with Gasteiger partial charge in [-0.2, -0.15) is 0 Å². The summed E-state index contributed by atoms with van der Waals surface area (Å²) in [7, 11) is 0. The Labute approximate surface area is 167 Å². The number of nitrogens with one attached hydrogen (secondary N) is 2. The van der Waals surface area contributed by atoms with E-state index in [2.05, 4.69) is 15.6 Å². The quantitative estimate of drug-likeness (QED) is 0.488. The van der Waals surface area contributed by atoms with Gasteiger partial charge >= 0.3 is 0 Å². The van der Waals surface area contributed by atoms with Crippen LogP contribution in [0.2, 0.25) is 0 Å². The van der Waals surface area contributed by atoms with E-state index in [0.29, 0.717) is 11.5 Å². The number of amides is 1. The van der Waals surface area contributed by atoms with E-state index in [1.165, 1.54) is 0 Å². The van der Waals surface area contributed by atoms with Gasteiger partial charge in [-0.05, 0) is 67.2 Å². The molecule has 1 heterocycles. The SMILES string of the molecule is Cc1ccc2nc(-c3cccc(NC(=S)NC(=O)c4ccccc4)c3)oc2c1. The predicted molar refractivity (Wildman–Crippen MR) is 114 cm³/mol. The monoisotopic (exact) mass is 387 g/mol. The van der Waals surface area contributed by atoms with Crippen molar-refractivity contribution < 1.29 is 9.21 Å². The standard InChI is InChI=1S/C22H17N3O2S/c1-14-10-11-18-19(12-14)27-21(24-18)16-8-5-9-17(13-16)23-22(28)25-20(26)15-6-3-2-4-7-15/h2-13H,1H3,(H2,23,25,26,28). The maximum absolute atomic E-state index is 12.2. The Hall–Kier alpha value is -3.51. The minimum absolute atomic E-state index is 0.221. The van der Waals surface area contributed by atoms with Crippen LogP contribution in [0.15, 0.2) is 77.2 Å². The predicted octanol–water partition coefficient (Wildman–Crippen LogP) is 4.93. The number of aryl methyl sites for hydroxylation is 1. The minimum atomic E-state index is -0.261. The molecule has 3 aromatic carbocycles. The highest BCUT2D eigenvalue weighted by Crippen LogP contribution is 2.26. The third-order valence-electron chi connectivity index (χ3n) is 4.17. The van der Waals surface area contributed by atoms with E-state index in [4.69, 9.17) is 16.6 Å². The first-order valence-corrected chi connectivity index (χ1v) is 9.14. The fourth-order valence-electron chi connectivity index (χ4n) is 2.81. The Morgan fingerprint density at radius 2 is 1.82 bits per heavy atom. The van der Waals surface area contributed by atoms with Crippen LogP contribution >= 0.6 is 12.2 Å². The zero-order valence-corrected chi connectivity index (χ0v) is 15.9. The van der Waals surface area contributed by atoms with Crippen molar-refractivity contribution in [3.63, 3.8) is 0 Å². The Morgan fingerprint density at radius 3 is 2.64 bits per heavy atom. The van der Waals surface area contributed by atoms with Gasteiger partial charge in [-0.1, -0.05) is 30.3 Å². The summed E-state index contributed by atoms with van der Waals surface area (Å²) < 4.78 is 5.88. The zero-order chi connectivity index (χ0) is 19.5. The topological polar surface area (TPSA) is 67.2 Å². The number of carbonyl (C=O) groups excluding carboxylic acids is 1. The molecule has 0 atom stereocenters. The summed E-state index contributed by atoms with van der Waals surface area (Å²) in [5.41, 5.74) is 4.77. The van der Waals surface area contributed by atoms with Gasteiger partial charge in [-0.3, -0.25) is 10.1 Å². The molecule has 0 aliphatic heterocycles. The highest BCUT2D eigenvalue weighted by Gasteiger charge is 2.11. The number of thiocarbonyl (C=S) groups is 1. The van der Waals surface area contributed by atoms with Gasteiger partial charge in [0.2, 0.25) is 5.89 Å².